The van der Waals surface area contributed by atoms with Crippen LogP contribution in [-0.2, 0) is 4.79 Å². The first-order valence-corrected chi connectivity index (χ1v) is 2.51. The second kappa shape index (κ2) is 4.59. The first-order valence-electron chi connectivity index (χ1n) is 2.51. The number of aliphatic hydroxyl groups is 1. The van der Waals surface area contributed by atoms with E-state index in [1.54, 1.807) is 0 Å². The normalized spacial score (nSPS) is 9.12. The molecular weight excluding hydrogens is 106 g/mol. The van der Waals surface area contributed by atoms with Gasteiger partial charge in [-0.25, -0.2) is 0 Å². The molecule has 3 N–H and O–H groups in total. The Hall–Kier alpha value is -0.570. The number of amides is 1. The Morgan fingerprint density at radius 2 is 2.38 bits per heavy atom. The third kappa shape index (κ3) is 5.43. The Bertz CT molecular complexity index is 72.8. The lowest BCUT2D eigenvalue weighted by atomic mass is 10.2. The van der Waals surface area contributed by atoms with Crippen molar-refractivity contribution in [3.63, 3.8) is 0 Å². The molecule has 0 bridgehead atoms. The summed E-state index contributed by atoms with van der Waals surface area (Å²) in [7, 11) is 0. The molecule has 0 aromatic heterocycles. The van der Waals surface area contributed by atoms with Crippen LogP contribution in [0.25, 0.3) is 0 Å². The van der Waals surface area contributed by atoms with Crippen LogP contribution in [0.15, 0.2) is 0 Å². The fourth-order valence-corrected chi connectivity index (χ4v) is 0.336. The number of hydrogen-bond acceptors (Lipinski definition) is 2. The molecule has 0 spiro atoms. The summed E-state index contributed by atoms with van der Waals surface area (Å²) in [6.45, 7) is 0.115. The number of unbranched alkanes of at least 4 members (excludes halogenated alkanes) is 1. The van der Waals surface area contributed by atoms with Gasteiger partial charge in [-0.1, -0.05) is 0 Å². The third-order valence-corrected chi connectivity index (χ3v) is 0.708. The second-order valence-corrected chi connectivity index (χ2v) is 1.47. The molecule has 1 radical (unpaired) electrons. The van der Waals surface area contributed by atoms with Gasteiger partial charge >= 0.3 is 0 Å². The van der Waals surface area contributed by atoms with Gasteiger partial charge in [-0.05, 0) is 12.8 Å². The van der Waals surface area contributed by atoms with Crippen molar-refractivity contribution in [1.82, 2.24) is 0 Å². The number of carbonyl (C=O) groups excluding carboxylic acids is 1. The van der Waals surface area contributed by atoms with E-state index in [4.69, 9.17) is 10.8 Å². The van der Waals surface area contributed by atoms with Gasteiger partial charge in [0.2, 0.25) is 5.91 Å². The van der Waals surface area contributed by atoms with Crippen LogP contribution in [-0.4, -0.2) is 17.6 Å². The summed E-state index contributed by atoms with van der Waals surface area (Å²) in [5.41, 5.74) is 4.76. The van der Waals surface area contributed by atoms with Crippen molar-refractivity contribution in [2.75, 3.05) is 6.61 Å². The summed E-state index contributed by atoms with van der Waals surface area (Å²) in [6, 6.07) is 0. The number of hydrogen-bond donors (Lipinski definition) is 2. The van der Waals surface area contributed by atoms with Crippen LogP contribution >= 0.6 is 0 Å². The number of aliphatic hydroxyl groups excluding tert-OH is 1. The minimum absolute atomic E-state index is 0.115. The van der Waals surface area contributed by atoms with Crippen LogP contribution in [0.2, 0.25) is 0 Å². The average molecular weight is 116 g/mol. The highest BCUT2D eigenvalue weighted by Gasteiger charge is 1.91. The number of carbonyl (C=O) groups is 1. The van der Waals surface area contributed by atoms with Crippen molar-refractivity contribution in [3.8, 4) is 0 Å². The molecule has 0 saturated carbocycles. The molecule has 0 fully saturated rings. The minimum atomic E-state index is -0.418. The maximum absolute atomic E-state index is 9.96. The fourth-order valence-electron chi connectivity index (χ4n) is 0.336. The molecule has 3 heteroatoms. The van der Waals surface area contributed by atoms with E-state index in [0.717, 1.165) is 0 Å². The maximum Gasteiger partial charge on any atom is 0.221 e. The van der Waals surface area contributed by atoms with Crippen molar-refractivity contribution in [3.05, 3.63) is 6.42 Å². The lowest BCUT2D eigenvalue weighted by molar-refractivity contribution is -0.115. The van der Waals surface area contributed by atoms with Crippen LogP contribution in [0.4, 0.5) is 0 Å². The largest absolute Gasteiger partial charge is 0.396 e. The summed E-state index contributed by atoms with van der Waals surface area (Å²) in [4.78, 5) is 9.96. The summed E-state index contributed by atoms with van der Waals surface area (Å²) in [5, 5.41) is 8.21. The predicted octanol–water partition coefficient (Wildman–Crippen LogP) is -0.552. The molecule has 0 rings (SSSR count). The van der Waals surface area contributed by atoms with Crippen molar-refractivity contribution in [2.45, 2.75) is 12.8 Å². The quantitative estimate of drug-likeness (QED) is 0.484. The van der Waals surface area contributed by atoms with Crippen molar-refractivity contribution in [1.29, 1.82) is 0 Å². The Labute approximate surface area is 48.5 Å². The van der Waals surface area contributed by atoms with Gasteiger partial charge in [-0.3, -0.25) is 4.79 Å². The SMILES string of the molecule is NC(=O)[CH]CCCO. The Morgan fingerprint density at radius 1 is 1.75 bits per heavy atom. The molecule has 0 aromatic rings. The molecule has 0 atom stereocenters. The molecule has 3 nitrogen and oxygen atoms in total. The summed E-state index contributed by atoms with van der Waals surface area (Å²) >= 11 is 0. The van der Waals surface area contributed by atoms with E-state index < -0.39 is 5.91 Å². The molecule has 0 aliphatic rings. The summed E-state index contributed by atoms with van der Waals surface area (Å²) in [6.07, 6.45) is 2.55. The van der Waals surface area contributed by atoms with E-state index in [1.165, 1.54) is 6.42 Å². The van der Waals surface area contributed by atoms with E-state index in [2.05, 4.69) is 0 Å². The highest BCUT2D eigenvalue weighted by molar-refractivity contribution is 5.82. The van der Waals surface area contributed by atoms with Crippen LogP contribution in [0.1, 0.15) is 12.8 Å². The van der Waals surface area contributed by atoms with E-state index in [0.29, 0.717) is 12.8 Å². The Morgan fingerprint density at radius 3 is 2.75 bits per heavy atom. The van der Waals surface area contributed by atoms with Crippen LogP contribution in [0.3, 0.4) is 0 Å². The van der Waals surface area contributed by atoms with Crippen LogP contribution in [0.5, 0.6) is 0 Å². The molecule has 0 unspecified atom stereocenters. The van der Waals surface area contributed by atoms with Crippen molar-refractivity contribution < 1.29 is 9.90 Å². The van der Waals surface area contributed by atoms with Crippen molar-refractivity contribution in [2.24, 2.45) is 5.73 Å². The topological polar surface area (TPSA) is 63.3 Å². The first-order chi connectivity index (χ1) is 3.77. The van der Waals surface area contributed by atoms with Crippen LogP contribution in [0, 0.1) is 6.42 Å². The van der Waals surface area contributed by atoms with E-state index in [1.807, 2.05) is 0 Å². The lowest BCUT2D eigenvalue weighted by Gasteiger charge is -1.89. The lowest BCUT2D eigenvalue weighted by Crippen LogP contribution is -2.10. The molecule has 47 valence electrons. The summed E-state index contributed by atoms with van der Waals surface area (Å²) in [5.74, 6) is -0.418. The van der Waals surface area contributed by atoms with Crippen molar-refractivity contribution >= 4 is 5.91 Å². The molecule has 0 saturated heterocycles. The second-order valence-electron chi connectivity index (χ2n) is 1.47. The van der Waals surface area contributed by atoms with Gasteiger partial charge < -0.3 is 10.8 Å². The van der Waals surface area contributed by atoms with Gasteiger partial charge in [-0.2, -0.15) is 0 Å². The van der Waals surface area contributed by atoms with Gasteiger partial charge in [-0.15, -0.1) is 0 Å². The number of primary amides is 1. The molecule has 0 aliphatic carbocycles. The monoisotopic (exact) mass is 116 g/mol. The first kappa shape index (κ1) is 7.43. The predicted molar refractivity (Wildman–Crippen MR) is 29.8 cm³/mol. The zero-order valence-electron chi connectivity index (χ0n) is 4.63. The molecule has 0 aromatic carbocycles. The fraction of sp³-hybridized carbons (Fsp3) is 0.600. The number of nitrogens with two attached hydrogens (primary N) is 1. The zero-order chi connectivity index (χ0) is 6.41. The van der Waals surface area contributed by atoms with E-state index >= 15 is 0 Å². The zero-order valence-corrected chi connectivity index (χ0v) is 4.63. The van der Waals surface area contributed by atoms with Gasteiger partial charge in [0.25, 0.3) is 0 Å². The maximum atomic E-state index is 9.96. The summed E-state index contributed by atoms with van der Waals surface area (Å²) < 4.78 is 0. The Kier molecular flexibility index (Phi) is 4.26. The average Bonchev–Trinajstić information content (AvgIpc) is 1.66. The molecule has 1 amide bonds. The molecule has 0 heterocycles. The molecular formula is C5H10NO2. The molecule has 0 aliphatic heterocycles. The highest BCUT2D eigenvalue weighted by Crippen LogP contribution is 1.89. The Balaban J connectivity index is 2.82. The van der Waals surface area contributed by atoms with Gasteiger partial charge in [0, 0.05) is 13.0 Å². The minimum Gasteiger partial charge on any atom is -0.396 e. The van der Waals surface area contributed by atoms with E-state index in [-0.39, 0.29) is 6.61 Å². The molecule has 8 heavy (non-hydrogen) atoms. The number of rotatable bonds is 4. The van der Waals surface area contributed by atoms with Gasteiger partial charge in [0.1, 0.15) is 0 Å². The van der Waals surface area contributed by atoms with Gasteiger partial charge in [0.05, 0.1) is 0 Å². The van der Waals surface area contributed by atoms with Crippen LogP contribution < -0.4 is 5.73 Å². The van der Waals surface area contributed by atoms with E-state index in [9.17, 15) is 4.79 Å². The standard InChI is InChI=1S/C5H10NO2/c6-5(8)3-1-2-4-7/h3,7H,1-2,4H2,(H2,6,8). The van der Waals surface area contributed by atoms with Gasteiger partial charge in [0.15, 0.2) is 0 Å². The smallest absolute Gasteiger partial charge is 0.221 e. The highest BCUT2D eigenvalue weighted by atomic mass is 16.2. The third-order valence-electron chi connectivity index (χ3n) is 0.708.